The molecule has 0 N–H and O–H groups in total. The molecular formula is C72H50N2Si2. The molecule has 4 heteroatoms. The van der Waals surface area contributed by atoms with Crippen molar-refractivity contribution in [2.24, 2.45) is 0 Å². The molecule has 0 bridgehead atoms. The molecule has 12 aromatic carbocycles. The van der Waals surface area contributed by atoms with Gasteiger partial charge >= 0.3 is 0 Å². The Morgan fingerprint density at radius 1 is 0.276 bits per heavy atom. The maximum Gasteiger partial charge on any atom is 0.180 e. The summed E-state index contributed by atoms with van der Waals surface area (Å²) in [4.78, 5) is 0. The molecule has 0 saturated carbocycles. The van der Waals surface area contributed by atoms with Crippen LogP contribution in [0.4, 0.5) is 0 Å². The summed E-state index contributed by atoms with van der Waals surface area (Å²) in [5.41, 5.74) is 12.2. The maximum atomic E-state index is 2.53. The Labute approximate surface area is 444 Å². The summed E-state index contributed by atoms with van der Waals surface area (Å²) in [5, 5.41) is 16.1. The number of hydrogen-bond acceptors (Lipinski definition) is 0. The molecule has 0 aliphatic carbocycles. The Hall–Kier alpha value is -9.33. The molecule has 14 aromatic rings. The van der Waals surface area contributed by atoms with E-state index in [9.17, 15) is 0 Å². The summed E-state index contributed by atoms with van der Waals surface area (Å²) in [7, 11) is -5.43. The second kappa shape index (κ2) is 17.7. The lowest BCUT2D eigenvalue weighted by Crippen LogP contribution is -2.74. The maximum absolute atomic E-state index is 2.81. The van der Waals surface area contributed by atoms with Gasteiger partial charge in [0.25, 0.3) is 0 Å². The fourth-order valence-corrected chi connectivity index (χ4v) is 23.5. The molecule has 2 aromatic heterocycles. The molecule has 76 heavy (non-hydrogen) atoms. The van der Waals surface area contributed by atoms with Gasteiger partial charge in [-0.05, 0) is 112 Å². The van der Waals surface area contributed by atoms with Gasteiger partial charge in [0.1, 0.15) is 0 Å². The van der Waals surface area contributed by atoms with E-state index in [2.05, 4.69) is 312 Å². The molecule has 3 heterocycles. The average Bonchev–Trinajstić information content (AvgIpc) is 4.13. The molecule has 1 aliphatic rings. The minimum atomic E-state index is -2.81. The largest absolute Gasteiger partial charge is 0.309 e. The Morgan fingerprint density at radius 3 is 1.36 bits per heavy atom. The van der Waals surface area contributed by atoms with Crippen molar-refractivity contribution in [1.29, 1.82) is 0 Å². The van der Waals surface area contributed by atoms with Gasteiger partial charge < -0.3 is 9.13 Å². The number of hydrogen-bond donors (Lipinski definition) is 0. The fraction of sp³-hybridized carbons (Fsp3) is 0. The second-order valence-electron chi connectivity index (χ2n) is 20.3. The third kappa shape index (κ3) is 6.38. The van der Waals surface area contributed by atoms with Crippen LogP contribution in [-0.4, -0.2) is 25.3 Å². The Morgan fingerprint density at radius 2 is 0.724 bits per heavy atom. The van der Waals surface area contributed by atoms with E-state index < -0.39 is 16.1 Å². The Balaban J connectivity index is 0.942. The summed E-state index contributed by atoms with van der Waals surface area (Å²) in [5.74, 6) is 0. The quantitative estimate of drug-likeness (QED) is 0.101. The lowest BCUT2D eigenvalue weighted by molar-refractivity contribution is 1.17. The molecule has 0 radical (unpaired) electrons. The van der Waals surface area contributed by atoms with Gasteiger partial charge in [0.05, 0.1) is 27.8 Å². The van der Waals surface area contributed by atoms with Crippen LogP contribution < -0.4 is 41.5 Å². The third-order valence-electron chi connectivity index (χ3n) is 16.5. The monoisotopic (exact) mass is 998 g/mol. The Kier molecular flexibility index (Phi) is 10.3. The van der Waals surface area contributed by atoms with Gasteiger partial charge in [-0.1, -0.05) is 255 Å². The lowest BCUT2D eigenvalue weighted by Gasteiger charge is -2.34. The van der Waals surface area contributed by atoms with Gasteiger partial charge in [-0.2, -0.15) is 0 Å². The highest BCUT2D eigenvalue weighted by Gasteiger charge is 2.48. The molecule has 0 fully saturated rings. The van der Waals surface area contributed by atoms with Crippen molar-refractivity contribution < 1.29 is 0 Å². The molecule has 0 atom stereocenters. The summed E-state index contributed by atoms with van der Waals surface area (Å²) >= 11 is 0. The van der Waals surface area contributed by atoms with Crippen LogP contribution in [0.3, 0.4) is 0 Å². The minimum Gasteiger partial charge on any atom is -0.309 e. The molecular weight excluding hydrogens is 949 g/mol. The van der Waals surface area contributed by atoms with E-state index in [0.29, 0.717) is 0 Å². The summed E-state index contributed by atoms with van der Waals surface area (Å²) in [6.07, 6.45) is 0. The van der Waals surface area contributed by atoms with E-state index in [-0.39, 0.29) is 0 Å². The van der Waals surface area contributed by atoms with Gasteiger partial charge in [0, 0.05) is 27.2 Å². The predicted molar refractivity (Wildman–Crippen MR) is 327 cm³/mol. The summed E-state index contributed by atoms with van der Waals surface area (Å²) in [6, 6.07) is 114. The molecule has 0 unspecified atom stereocenters. The SMILES string of the molecule is c1ccc([Si](c2ccccc2)(c2ccccc2)c2cccc(-n3c4ccccc4c4c(-n5c6ccccc6c6c(-c7ccc8c(c7)-c7ccccc7[Si]8(c7ccccc7)c7ccccc7)cccc65)cccc43)c2)cc1. The number of nitrogens with zero attached hydrogens (tertiary/aromatic N) is 2. The molecule has 2 nitrogen and oxygen atoms in total. The summed E-state index contributed by atoms with van der Waals surface area (Å²) < 4.78 is 5.04. The van der Waals surface area contributed by atoms with Crippen molar-refractivity contribution in [2.75, 3.05) is 0 Å². The lowest BCUT2D eigenvalue weighted by atomic mass is 9.96. The van der Waals surface area contributed by atoms with Crippen LogP contribution in [0.1, 0.15) is 0 Å². The van der Waals surface area contributed by atoms with Crippen molar-refractivity contribution in [1.82, 2.24) is 9.13 Å². The van der Waals surface area contributed by atoms with Crippen LogP contribution in [0.2, 0.25) is 0 Å². The first kappa shape index (κ1) is 44.2. The zero-order valence-electron chi connectivity index (χ0n) is 41.8. The van der Waals surface area contributed by atoms with Gasteiger partial charge in [0.2, 0.25) is 0 Å². The van der Waals surface area contributed by atoms with Crippen LogP contribution in [0, 0.1) is 0 Å². The average molecular weight is 999 g/mol. The van der Waals surface area contributed by atoms with Gasteiger partial charge in [-0.25, -0.2) is 0 Å². The smallest absolute Gasteiger partial charge is 0.180 e. The molecule has 0 saturated heterocycles. The highest BCUT2D eigenvalue weighted by atomic mass is 28.3. The van der Waals surface area contributed by atoms with Crippen LogP contribution in [0.15, 0.2) is 303 Å². The van der Waals surface area contributed by atoms with E-state index in [1.165, 1.54) is 107 Å². The van der Waals surface area contributed by atoms with Crippen molar-refractivity contribution >= 4 is 101 Å². The van der Waals surface area contributed by atoms with E-state index in [1.807, 2.05) is 0 Å². The molecule has 1 aliphatic heterocycles. The predicted octanol–water partition coefficient (Wildman–Crippen LogP) is 12.3. The van der Waals surface area contributed by atoms with Crippen molar-refractivity contribution in [3.63, 3.8) is 0 Å². The number of rotatable bonds is 9. The Bertz CT molecular complexity index is 4370. The third-order valence-corrected chi connectivity index (χ3v) is 26.2. The van der Waals surface area contributed by atoms with Gasteiger partial charge in [-0.15, -0.1) is 0 Å². The van der Waals surface area contributed by atoms with Crippen molar-refractivity contribution in [2.45, 2.75) is 0 Å². The minimum absolute atomic E-state index is 1.15. The van der Waals surface area contributed by atoms with Gasteiger partial charge in [-0.3, -0.25) is 0 Å². The van der Waals surface area contributed by atoms with E-state index >= 15 is 0 Å². The highest BCUT2D eigenvalue weighted by molar-refractivity contribution is 7.22. The van der Waals surface area contributed by atoms with E-state index in [4.69, 9.17) is 0 Å². The number of benzene rings is 12. The van der Waals surface area contributed by atoms with Crippen LogP contribution in [0.5, 0.6) is 0 Å². The van der Waals surface area contributed by atoms with Crippen LogP contribution in [-0.2, 0) is 0 Å². The normalized spacial score (nSPS) is 12.8. The molecule has 15 rings (SSSR count). The zero-order valence-corrected chi connectivity index (χ0v) is 43.8. The molecule has 356 valence electrons. The summed E-state index contributed by atoms with van der Waals surface area (Å²) in [6.45, 7) is 0. The fourth-order valence-electron chi connectivity index (χ4n) is 13.5. The van der Waals surface area contributed by atoms with Crippen LogP contribution in [0.25, 0.3) is 77.2 Å². The first-order chi connectivity index (χ1) is 37.7. The van der Waals surface area contributed by atoms with Crippen molar-refractivity contribution in [3.8, 4) is 33.6 Å². The number of fused-ring (bicyclic) bond motifs is 9. The van der Waals surface area contributed by atoms with E-state index in [1.54, 1.807) is 0 Å². The van der Waals surface area contributed by atoms with E-state index in [0.717, 1.165) is 11.4 Å². The standard InChI is InChI=1S/C72H50N2Si2/c1-6-26-53(27-7-1)75(54-28-8-2-9-29-54,55-30-10-3-11-31-55)58-36-22-25-52(50-58)73-64-41-19-17-39-62(64)72-67(73)44-24-45-68(72)74-65-42-20-16-38-61(65)71-59(40-23-43-66(71)74)51-47-48-70-63(49-51)60-37-18-21-46-69(60)76(70,56-32-12-4-13-33-56)57-34-14-5-15-35-57/h1-50H. The molecule has 0 spiro atoms. The highest BCUT2D eigenvalue weighted by Crippen LogP contribution is 2.43. The number of aromatic nitrogens is 2. The molecule has 0 amide bonds. The van der Waals surface area contributed by atoms with Crippen molar-refractivity contribution in [3.05, 3.63) is 303 Å². The number of para-hydroxylation sites is 2. The van der Waals surface area contributed by atoms with Crippen LogP contribution >= 0.6 is 0 Å². The second-order valence-corrected chi connectivity index (χ2v) is 27.8. The first-order valence-corrected chi connectivity index (χ1v) is 30.4. The first-order valence-electron chi connectivity index (χ1n) is 26.4. The zero-order chi connectivity index (χ0) is 50.2. The topological polar surface area (TPSA) is 9.86 Å². The van der Waals surface area contributed by atoms with Gasteiger partial charge in [0.15, 0.2) is 16.1 Å².